The molecule has 0 radical (unpaired) electrons. The summed E-state index contributed by atoms with van der Waals surface area (Å²) in [6, 6.07) is 8.08. The van der Waals surface area contributed by atoms with E-state index in [1.807, 2.05) is 0 Å². The van der Waals surface area contributed by atoms with Crippen LogP contribution < -0.4 is 4.74 Å². The first kappa shape index (κ1) is 21.0. The van der Waals surface area contributed by atoms with Crippen LogP contribution in [0.1, 0.15) is 33.6 Å². The van der Waals surface area contributed by atoms with Gasteiger partial charge in [0, 0.05) is 25.2 Å². The van der Waals surface area contributed by atoms with Gasteiger partial charge in [-0.25, -0.2) is 8.78 Å². The Labute approximate surface area is 172 Å². The van der Waals surface area contributed by atoms with E-state index in [9.17, 15) is 18.4 Å². The van der Waals surface area contributed by atoms with E-state index in [1.165, 1.54) is 11.0 Å². The zero-order valence-corrected chi connectivity index (χ0v) is 16.7. The molecule has 0 fully saturated rings. The molecule has 0 N–H and O–H groups in total. The van der Waals surface area contributed by atoms with Gasteiger partial charge in [-0.3, -0.25) is 9.59 Å². The van der Waals surface area contributed by atoms with Gasteiger partial charge in [0.2, 0.25) is 0 Å². The maximum absolute atomic E-state index is 14.1. The van der Waals surface area contributed by atoms with Gasteiger partial charge in [0.25, 0.3) is 11.8 Å². The van der Waals surface area contributed by atoms with Gasteiger partial charge in [-0.1, -0.05) is 17.7 Å². The Morgan fingerprint density at radius 2 is 1.76 bits per heavy atom. The van der Waals surface area contributed by atoms with Crippen molar-refractivity contribution in [1.82, 2.24) is 9.80 Å². The average Bonchev–Trinajstić information content (AvgIpc) is 2.68. The number of benzene rings is 2. The minimum Gasteiger partial charge on any atom is -0.491 e. The van der Waals surface area contributed by atoms with Crippen molar-refractivity contribution >= 4 is 23.4 Å². The lowest BCUT2D eigenvalue weighted by atomic mass is 10.1. The zero-order valence-electron chi connectivity index (χ0n) is 16.0. The second-order valence-corrected chi connectivity index (χ2v) is 7.25. The predicted octanol–water partition coefficient (Wildman–Crippen LogP) is 4.01. The first-order chi connectivity index (χ1) is 13.9. The number of amides is 2. The monoisotopic (exact) mass is 422 g/mol. The van der Waals surface area contributed by atoms with Crippen molar-refractivity contribution in [3.63, 3.8) is 0 Å². The molecule has 0 unspecified atom stereocenters. The van der Waals surface area contributed by atoms with Crippen molar-refractivity contribution in [2.24, 2.45) is 0 Å². The number of rotatable bonds is 1. The Bertz CT molecular complexity index is 903. The van der Waals surface area contributed by atoms with Crippen molar-refractivity contribution in [2.75, 3.05) is 33.3 Å². The van der Waals surface area contributed by atoms with Gasteiger partial charge < -0.3 is 14.5 Å². The molecular weight excluding hydrogens is 402 g/mol. The highest BCUT2D eigenvalue weighted by molar-refractivity contribution is 6.31. The fourth-order valence-electron chi connectivity index (χ4n) is 3.19. The number of hydrogen-bond donors (Lipinski definition) is 0. The molecule has 2 amide bonds. The van der Waals surface area contributed by atoms with Crippen LogP contribution in [0.5, 0.6) is 5.75 Å². The summed E-state index contributed by atoms with van der Waals surface area (Å²) in [5.41, 5.74) is -0.238. The van der Waals surface area contributed by atoms with Gasteiger partial charge >= 0.3 is 0 Å². The number of fused-ring (bicyclic) bond motifs is 1. The summed E-state index contributed by atoms with van der Waals surface area (Å²) in [5.74, 6) is -2.37. The van der Waals surface area contributed by atoms with Crippen molar-refractivity contribution in [3.8, 4) is 5.75 Å². The van der Waals surface area contributed by atoms with Crippen LogP contribution in [0.25, 0.3) is 0 Å². The molecule has 0 aliphatic carbocycles. The fraction of sp³-hybridized carbons (Fsp3) is 0.333. The second kappa shape index (κ2) is 9.22. The normalized spacial score (nSPS) is 15.8. The smallest absolute Gasteiger partial charge is 0.259 e. The van der Waals surface area contributed by atoms with Crippen LogP contribution in [0.15, 0.2) is 36.4 Å². The van der Waals surface area contributed by atoms with Crippen LogP contribution in [0.4, 0.5) is 8.78 Å². The molecule has 154 valence electrons. The second-order valence-electron chi connectivity index (χ2n) is 6.81. The molecule has 1 aliphatic rings. The lowest BCUT2D eigenvalue weighted by molar-refractivity contribution is 0.0695. The summed E-state index contributed by atoms with van der Waals surface area (Å²) in [6.07, 6.45) is 1.20. The van der Waals surface area contributed by atoms with Crippen molar-refractivity contribution < 1.29 is 23.1 Å². The van der Waals surface area contributed by atoms with Gasteiger partial charge in [-0.2, -0.15) is 0 Å². The molecule has 29 heavy (non-hydrogen) atoms. The maximum atomic E-state index is 14.1. The predicted molar refractivity (Wildman–Crippen MR) is 105 cm³/mol. The molecule has 3 rings (SSSR count). The van der Waals surface area contributed by atoms with Crippen LogP contribution >= 0.6 is 11.6 Å². The molecule has 5 nitrogen and oxygen atoms in total. The van der Waals surface area contributed by atoms with Crippen LogP contribution in [-0.2, 0) is 0 Å². The van der Waals surface area contributed by atoms with Crippen molar-refractivity contribution in [2.45, 2.75) is 12.8 Å². The quantitative estimate of drug-likeness (QED) is 0.697. The highest BCUT2D eigenvalue weighted by Crippen LogP contribution is 2.25. The minimum absolute atomic E-state index is 0.0629. The number of nitrogens with zero attached hydrogens (tertiary/aromatic N) is 2. The average molecular weight is 423 g/mol. The van der Waals surface area contributed by atoms with E-state index < -0.39 is 23.1 Å². The lowest BCUT2D eigenvalue weighted by Crippen LogP contribution is -2.37. The summed E-state index contributed by atoms with van der Waals surface area (Å²) in [6.45, 7) is 0.943. The third-order valence-corrected chi connectivity index (χ3v) is 5.01. The topological polar surface area (TPSA) is 49.9 Å². The Morgan fingerprint density at radius 3 is 2.48 bits per heavy atom. The van der Waals surface area contributed by atoms with E-state index in [-0.39, 0.29) is 19.1 Å². The van der Waals surface area contributed by atoms with Crippen LogP contribution in [0, 0.1) is 11.6 Å². The number of ether oxygens (including phenoxy) is 1. The van der Waals surface area contributed by atoms with Crippen LogP contribution in [-0.4, -0.2) is 54.9 Å². The highest BCUT2D eigenvalue weighted by Gasteiger charge is 2.24. The summed E-state index contributed by atoms with van der Waals surface area (Å²) in [4.78, 5) is 28.4. The Balaban J connectivity index is 1.85. The molecule has 2 aromatic rings. The third kappa shape index (κ3) is 4.85. The van der Waals surface area contributed by atoms with Gasteiger partial charge in [-0.05, 0) is 43.2 Å². The molecule has 1 heterocycles. The van der Waals surface area contributed by atoms with Gasteiger partial charge in [0.05, 0.1) is 12.1 Å². The van der Waals surface area contributed by atoms with Crippen LogP contribution in [0.2, 0.25) is 5.02 Å². The summed E-state index contributed by atoms with van der Waals surface area (Å²) in [5, 5.41) is 0.410. The number of carbonyl (C=O) groups excluding carboxylic acids is 2. The molecule has 0 bridgehead atoms. The van der Waals surface area contributed by atoms with E-state index in [4.69, 9.17) is 16.3 Å². The molecule has 0 saturated carbocycles. The SMILES string of the molecule is CN1CCCCN(C(=O)c2c(F)cccc2F)CCOc2ccc(Cl)cc2C1=O. The lowest BCUT2D eigenvalue weighted by Gasteiger charge is -2.26. The molecule has 8 heteroatoms. The van der Waals surface area contributed by atoms with E-state index in [2.05, 4.69) is 0 Å². The van der Waals surface area contributed by atoms with Crippen LogP contribution in [0.3, 0.4) is 0 Å². The first-order valence-corrected chi connectivity index (χ1v) is 9.67. The summed E-state index contributed by atoms with van der Waals surface area (Å²) in [7, 11) is 1.68. The summed E-state index contributed by atoms with van der Waals surface area (Å²) >= 11 is 6.03. The van der Waals surface area contributed by atoms with E-state index >= 15 is 0 Å². The zero-order chi connectivity index (χ0) is 21.0. The largest absolute Gasteiger partial charge is 0.491 e. The number of carbonyl (C=O) groups is 2. The maximum Gasteiger partial charge on any atom is 0.259 e. The van der Waals surface area contributed by atoms with Gasteiger partial charge in [0.15, 0.2) is 0 Å². The highest BCUT2D eigenvalue weighted by atomic mass is 35.5. The third-order valence-electron chi connectivity index (χ3n) is 4.77. The van der Waals surface area contributed by atoms with Gasteiger partial charge in [0.1, 0.15) is 29.6 Å². The molecule has 0 spiro atoms. The number of halogens is 3. The molecule has 1 aliphatic heterocycles. The summed E-state index contributed by atoms with van der Waals surface area (Å²) < 4.78 is 33.8. The Hall–Kier alpha value is -2.67. The number of hydrogen-bond acceptors (Lipinski definition) is 3. The Morgan fingerprint density at radius 1 is 1.07 bits per heavy atom. The van der Waals surface area contributed by atoms with Gasteiger partial charge in [-0.15, -0.1) is 0 Å². The minimum atomic E-state index is -0.896. The molecule has 0 atom stereocenters. The molecule has 0 saturated heterocycles. The molecule has 0 aromatic heterocycles. The standard InChI is InChI=1S/C21H21ClF2N2O3/c1-25-9-2-3-10-26(21(28)19-16(23)5-4-6-17(19)24)11-12-29-18-8-7-14(22)13-15(18)20(25)27/h4-8,13H,2-3,9-12H2,1H3. The van der Waals surface area contributed by atoms with Crippen molar-refractivity contribution in [3.05, 3.63) is 64.2 Å². The van der Waals surface area contributed by atoms with Crippen molar-refractivity contribution in [1.29, 1.82) is 0 Å². The first-order valence-electron chi connectivity index (χ1n) is 9.29. The molecule has 2 aromatic carbocycles. The van der Waals surface area contributed by atoms with E-state index in [1.54, 1.807) is 30.1 Å². The van der Waals surface area contributed by atoms with E-state index in [0.717, 1.165) is 12.1 Å². The van der Waals surface area contributed by atoms with E-state index in [0.29, 0.717) is 42.3 Å². The fourth-order valence-corrected chi connectivity index (χ4v) is 3.37. The Kier molecular flexibility index (Phi) is 6.69. The molecular formula is C21H21ClF2N2O3.